The van der Waals surface area contributed by atoms with Crippen molar-refractivity contribution in [1.29, 1.82) is 0 Å². The topological polar surface area (TPSA) is 129 Å². The van der Waals surface area contributed by atoms with Crippen molar-refractivity contribution in [2.24, 2.45) is 5.10 Å². The SMILES string of the molecule is Cc1cc(Br)ccc1-n1c(O)c(C=NNC(=O)c2cccnc2)c(=O)[nH]c1=O. The quantitative estimate of drug-likeness (QED) is 0.415. The van der Waals surface area contributed by atoms with E-state index in [4.69, 9.17) is 0 Å². The summed E-state index contributed by atoms with van der Waals surface area (Å²) in [5.74, 6) is -1.14. The van der Waals surface area contributed by atoms with Gasteiger partial charge in [0.1, 0.15) is 5.56 Å². The minimum atomic E-state index is -0.840. The van der Waals surface area contributed by atoms with Crippen LogP contribution in [0.1, 0.15) is 21.5 Å². The molecule has 28 heavy (non-hydrogen) atoms. The maximum atomic E-state index is 12.2. The average molecular weight is 444 g/mol. The van der Waals surface area contributed by atoms with Crippen LogP contribution in [0.5, 0.6) is 5.88 Å². The molecule has 3 N–H and O–H groups in total. The zero-order chi connectivity index (χ0) is 20.3. The molecule has 0 aliphatic heterocycles. The van der Waals surface area contributed by atoms with Crippen LogP contribution < -0.4 is 16.7 Å². The largest absolute Gasteiger partial charge is 0.493 e. The van der Waals surface area contributed by atoms with E-state index in [1.54, 1.807) is 37.3 Å². The standard InChI is InChI=1S/C18H14BrN5O4/c1-10-7-12(19)4-5-14(10)24-17(27)13(16(26)22-18(24)28)9-21-23-15(25)11-3-2-6-20-8-11/h2-9,27H,1H3,(H,23,25)(H,22,26,28). The first kappa shape index (κ1) is 19.2. The minimum absolute atomic E-state index is 0.272. The lowest BCUT2D eigenvalue weighted by Crippen LogP contribution is -2.32. The lowest BCUT2D eigenvalue weighted by Gasteiger charge is -2.12. The molecule has 3 aromatic rings. The molecule has 10 heteroatoms. The monoisotopic (exact) mass is 443 g/mol. The second kappa shape index (κ2) is 8.01. The maximum Gasteiger partial charge on any atom is 0.335 e. The Bertz CT molecular complexity index is 1180. The molecule has 0 fully saturated rings. The van der Waals surface area contributed by atoms with Gasteiger partial charge in [-0.2, -0.15) is 5.10 Å². The fourth-order valence-electron chi connectivity index (χ4n) is 2.47. The number of hydrogen-bond donors (Lipinski definition) is 3. The average Bonchev–Trinajstić information content (AvgIpc) is 2.66. The number of aromatic amines is 1. The number of aromatic hydroxyl groups is 1. The van der Waals surface area contributed by atoms with E-state index in [9.17, 15) is 19.5 Å². The summed E-state index contributed by atoms with van der Waals surface area (Å²) in [5.41, 5.74) is 1.65. The van der Waals surface area contributed by atoms with E-state index in [2.05, 4.69) is 36.4 Å². The number of nitrogens with one attached hydrogen (secondary N) is 2. The van der Waals surface area contributed by atoms with Gasteiger partial charge in [-0.15, -0.1) is 0 Å². The highest BCUT2D eigenvalue weighted by Gasteiger charge is 2.16. The molecule has 1 aromatic carbocycles. The van der Waals surface area contributed by atoms with Gasteiger partial charge in [-0.3, -0.25) is 19.6 Å². The van der Waals surface area contributed by atoms with Crippen molar-refractivity contribution in [3.8, 4) is 11.6 Å². The van der Waals surface area contributed by atoms with Crippen LogP contribution in [0.25, 0.3) is 5.69 Å². The van der Waals surface area contributed by atoms with Gasteiger partial charge in [-0.1, -0.05) is 15.9 Å². The van der Waals surface area contributed by atoms with Crippen LogP contribution in [0, 0.1) is 6.92 Å². The minimum Gasteiger partial charge on any atom is -0.493 e. The van der Waals surface area contributed by atoms with E-state index in [0.29, 0.717) is 11.3 Å². The predicted molar refractivity (Wildman–Crippen MR) is 106 cm³/mol. The number of hydrogen-bond acceptors (Lipinski definition) is 6. The fraction of sp³-hybridized carbons (Fsp3) is 0.0556. The molecule has 0 atom stereocenters. The van der Waals surface area contributed by atoms with Crippen molar-refractivity contribution in [3.05, 3.63) is 84.7 Å². The molecule has 3 rings (SSSR count). The van der Waals surface area contributed by atoms with Crippen LogP contribution in [-0.4, -0.2) is 31.8 Å². The third-order valence-corrected chi connectivity index (χ3v) is 4.30. The Kier molecular flexibility index (Phi) is 5.50. The third-order valence-electron chi connectivity index (χ3n) is 3.80. The number of nitrogens with zero attached hydrogens (tertiary/aromatic N) is 3. The highest BCUT2D eigenvalue weighted by Crippen LogP contribution is 2.22. The molecule has 0 aliphatic carbocycles. The second-order valence-corrected chi connectivity index (χ2v) is 6.62. The van der Waals surface area contributed by atoms with Crippen LogP contribution in [0.15, 0.2) is 61.9 Å². The number of carbonyl (C=O) groups is 1. The van der Waals surface area contributed by atoms with Crippen LogP contribution in [0.3, 0.4) is 0 Å². The number of rotatable bonds is 4. The summed E-state index contributed by atoms with van der Waals surface area (Å²) in [6.45, 7) is 1.75. The fourth-order valence-corrected chi connectivity index (χ4v) is 2.94. The highest BCUT2D eigenvalue weighted by atomic mass is 79.9. The van der Waals surface area contributed by atoms with Gasteiger partial charge in [0, 0.05) is 16.9 Å². The molecule has 0 radical (unpaired) electrons. The second-order valence-electron chi connectivity index (χ2n) is 5.70. The molecule has 9 nitrogen and oxygen atoms in total. The Hall–Kier alpha value is -3.53. The number of carbonyl (C=O) groups excluding carboxylic acids is 1. The van der Waals surface area contributed by atoms with E-state index in [0.717, 1.165) is 15.3 Å². The number of aromatic nitrogens is 3. The van der Waals surface area contributed by atoms with Gasteiger partial charge in [-0.05, 0) is 42.8 Å². The summed E-state index contributed by atoms with van der Waals surface area (Å²) >= 11 is 3.33. The lowest BCUT2D eigenvalue weighted by atomic mass is 10.2. The van der Waals surface area contributed by atoms with E-state index in [1.807, 2.05) is 0 Å². The molecule has 0 spiro atoms. The molecule has 0 saturated heterocycles. The van der Waals surface area contributed by atoms with Crippen LogP contribution >= 0.6 is 15.9 Å². The number of halogens is 1. The van der Waals surface area contributed by atoms with Crippen molar-refractivity contribution >= 4 is 28.1 Å². The molecular formula is C18H14BrN5O4. The van der Waals surface area contributed by atoms with Gasteiger partial charge in [0.15, 0.2) is 0 Å². The Labute approximate surface area is 166 Å². The van der Waals surface area contributed by atoms with Crippen molar-refractivity contribution in [2.75, 3.05) is 0 Å². The molecule has 2 heterocycles. The molecule has 2 aromatic heterocycles. The Morgan fingerprint density at radius 1 is 1.36 bits per heavy atom. The number of amides is 1. The summed E-state index contributed by atoms with van der Waals surface area (Å²) in [6.07, 6.45) is 3.84. The zero-order valence-electron chi connectivity index (χ0n) is 14.5. The van der Waals surface area contributed by atoms with Crippen molar-refractivity contribution in [1.82, 2.24) is 20.0 Å². The molecule has 0 aliphatic rings. The van der Waals surface area contributed by atoms with Gasteiger partial charge in [0.05, 0.1) is 17.5 Å². The van der Waals surface area contributed by atoms with Gasteiger partial charge in [0.2, 0.25) is 5.88 Å². The number of H-pyrrole nitrogens is 1. The predicted octanol–water partition coefficient (Wildman–Crippen LogP) is 1.46. The highest BCUT2D eigenvalue weighted by molar-refractivity contribution is 9.10. The molecule has 0 unspecified atom stereocenters. The number of benzene rings is 1. The van der Waals surface area contributed by atoms with Gasteiger partial charge in [-0.25, -0.2) is 14.8 Å². The normalized spacial score (nSPS) is 10.9. The van der Waals surface area contributed by atoms with Crippen LogP contribution in [-0.2, 0) is 0 Å². The summed E-state index contributed by atoms with van der Waals surface area (Å²) in [6, 6.07) is 8.20. The van der Waals surface area contributed by atoms with E-state index in [-0.39, 0.29) is 11.1 Å². The van der Waals surface area contributed by atoms with E-state index >= 15 is 0 Å². The van der Waals surface area contributed by atoms with Crippen molar-refractivity contribution in [3.63, 3.8) is 0 Å². The Balaban J connectivity index is 1.97. The van der Waals surface area contributed by atoms with Crippen molar-refractivity contribution < 1.29 is 9.90 Å². The molecular weight excluding hydrogens is 430 g/mol. The molecule has 142 valence electrons. The molecule has 1 amide bonds. The number of aryl methyl sites for hydroxylation is 1. The lowest BCUT2D eigenvalue weighted by molar-refractivity contribution is 0.0954. The van der Waals surface area contributed by atoms with Gasteiger partial charge < -0.3 is 5.11 Å². The molecule has 0 bridgehead atoms. The Morgan fingerprint density at radius 2 is 2.14 bits per heavy atom. The van der Waals surface area contributed by atoms with Crippen LogP contribution in [0.4, 0.5) is 0 Å². The van der Waals surface area contributed by atoms with E-state index in [1.165, 1.54) is 12.4 Å². The van der Waals surface area contributed by atoms with Gasteiger partial charge in [0.25, 0.3) is 11.5 Å². The smallest absolute Gasteiger partial charge is 0.335 e. The Morgan fingerprint density at radius 3 is 2.82 bits per heavy atom. The maximum absolute atomic E-state index is 12.2. The first-order valence-electron chi connectivity index (χ1n) is 7.96. The number of hydrazone groups is 1. The summed E-state index contributed by atoms with van der Waals surface area (Å²) in [7, 11) is 0. The zero-order valence-corrected chi connectivity index (χ0v) is 16.1. The molecule has 0 saturated carbocycles. The van der Waals surface area contributed by atoms with Crippen LogP contribution in [0.2, 0.25) is 0 Å². The summed E-state index contributed by atoms with van der Waals surface area (Å²) in [4.78, 5) is 42.2. The first-order valence-corrected chi connectivity index (χ1v) is 8.76. The third kappa shape index (κ3) is 3.91. The number of pyridine rings is 1. The summed E-state index contributed by atoms with van der Waals surface area (Å²) < 4.78 is 1.75. The van der Waals surface area contributed by atoms with Gasteiger partial charge >= 0.3 is 5.69 Å². The van der Waals surface area contributed by atoms with E-state index < -0.39 is 23.0 Å². The van der Waals surface area contributed by atoms with Crippen molar-refractivity contribution in [2.45, 2.75) is 6.92 Å². The first-order chi connectivity index (χ1) is 13.4. The summed E-state index contributed by atoms with van der Waals surface area (Å²) in [5, 5.41) is 14.2.